The molecular weight excluding hydrogens is 387 g/mol. The van der Waals surface area contributed by atoms with Crippen LogP contribution in [0.5, 0.6) is 0 Å². The van der Waals surface area contributed by atoms with Crippen LogP contribution in [0.4, 0.5) is 0 Å². The van der Waals surface area contributed by atoms with E-state index in [9.17, 15) is 0 Å². The Morgan fingerprint density at radius 1 is 1.18 bits per heavy atom. The molecule has 1 rings (SSSR count). The van der Waals surface area contributed by atoms with Crippen molar-refractivity contribution in [3.05, 3.63) is 0 Å². The van der Waals surface area contributed by atoms with Gasteiger partial charge in [0.25, 0.3) is 0 Å². The fraction of sp³-hybridized carbons (Fsp3) is 1.00. The highest BCUT2D eigenvalue weighted by atomic mass is 127. The average Bonchev–Trinajstić information content (AvgIpc) is 2.36. The van der Waals surface area contributed by atoms with Gasteiger partial charge < -0.3 is 9.47 Å². The maximum Gasteiger partial charge on any atom is 0.173 e. The van der Waals surface area contributed by atoms with Gasteiger partial charge in [-0.2, -0.15) is 0 Å². The third-order valence-electron chi connectivity index (χ3n) is 4.89. The molecule has 0 aliphatic carbocycles. The molecule has 2 nitrogen and oxygen atoms in total. The molecule has 0 radical (unpaired) electrons. The molecule has 1 unspecified atom stereocenters. The van der Waals surface area contributed by atoms with Crippen LogP contribution in [0.2, 0.25) is 0 Å². The van der Waals surface area contributed by atoms with Crippen LogP contribution in [0, 0.1) is 10.8 Å². The normalized spacial score (nSPS) is 26.9. The number of hydrogen-bond acceptors (Lipinski definition) is 2. The van der Waals surface area contributed by atoms with Crippen LogP contribution in [0.15, 0.2) is 0 Å². The van der Waals surface area contributed by atoms with Gasteiger partial charge in [-0.15, -0.1) is 0 Å². The molecule has 22 heavy (non-hydrogen) atoms. The van der Waals surface area contributed by atoms with Crippen molar-refractivity contribution in [3.8, 4) is 0 Å². The summed E-state index contributed by atoms with van der Waals surface area (Å²) in [6, 6.07) is 0. The fourth-order valence-corrected chi connectivity index (χ4v) is 3.97. The Balaban J connectivity index is 2.86. The summed E-state index contributed by atoms with van der Waals surface area (Å²) >= 11 is 2.47. The van der Waals surface area contributed by atoms with E-state index in [1.807, 2.05) is 0 Å². The lowest BCUT2D eigenvalue weighted by Gasteiger charge is -2.52. The van der Waals surface area contributed by atoms with Crippen LogP contribution in [0.1, 0.15) is 86.5 Å². The van der Waals surface area contributed by atoms with E-state index in [-0.39, 0.29) is 5.41 Å². The summed E-state index contributed by atoms with van der Waals surface area (Å²) in [6.07, 6.45) is 8.58. The minimum absolute atomic E-state index is 0.00102. The molecule has 3 heteroatoms. The van der Waals surface area contributed by atoms with Crippen LogP contribution in [-0.4, -0.2) is 22.9 Å². The molecule has 1 heterocycles. The van der Waals surface area contributed by atoms with E-state index in [4.69, 9.17) is 9.47 Å². The molecule has 0 spiro atoms. The minimum Gasteiger partial charge on any atom is -0.349 e. The Kier molecular flexibility index (Phi) is 8.15. The molecule has 1 aliphatic heterocycles. The molecule has 0 N–H and O–H groups in total. The molecule has 0 aromatic carbocycles. The van der Waals surface area contributed by atoms with Crippen molar-refractivity contribution in [3.63, 3.8) is 0 Å². The van der Waals surface area contributed by atoms with E-state index in [2.05, 4.69) is 64.1 Å². The van der Waals surface area contributed by atoms with E-state index < -0.39 is 5.79 Å². The first-order valence-corrected chi connectivity index (χ1v) is 10.6. The van der Waals surface area contributed by atoms with Gasteiger partial charge in [-0.1, -0.05) is 83.4 Å². The zero-order valence-electron chi connectivity index (χ0n) is 15.6. The molecule has 132 valence electrons. The number of unbranched alkanes of at least 4 members (excludes halogenated alkanes) is 2. The summed E-state index contributed by atoms with van der Waals surface area (Å²) in [5.74, 6) is -0.433. The van der Waals surface area contributed by atoms with Crippen molar-refractivity contribution in [1.29, 1.82) is 0 Å². The van der Waals surface area contributed by atoms with Crippen molar-refractivity contribution in [1.82, 2.24) is 0 Å². The predicted octanol–water partition coefficient (Wildman–Crippen LogP) is 6.36. The van der Waals surface area contributed by atoms with E-state index >= 15 is 0 Å². The Labute approximate surface area is 152 Å². The second-order valence-corrected chi connectivity index (χ2v) is 9.73. The number of rotatable bonds is 8. The highest BCUT2D eigenvalue weighted by Gasteiger charge is 2.51. The van der Waals surface area contributed by atoms with E-state index in [1.165, 1.54) is 25.7 Å². The largest absolute Gasteiger partial charge is 0.349 e. The smallest absolute Gasteiger partial charge is 0.173 e. The van der Waals surface area contributed by atoms with Gasteiger partial charge in [-0.25, -0.2) is 0 Å². The third-order valence-corrected chi connectivity index (χ3v) is 5.51. The van der Waals surface area contributed by atoms with Crippen LogP contribution >= 0.6 is 22.6 Å². The van der Waals surface area contributed by atoms with Gasteiger partial charge in [0.1, 0.15) is 0 Å². The van der Waals surface area contributed by atoms with Gasteiger partial charge in [0, 0.05) is 16.3 Å². The Bertz CT molecular complexity index is 322. The van der Waals surface area contributed by atoms with E-state index in [1.54, 1.807) is 0 Å². The quantitative estimate of drug-likeness (QED) is 0.257. The molecule has 1 saturated heterocycles. The van der Waals surface area contributed by atoms with Crippen molar-refractivity contribution in [2.45, 2.75) is 98.4 Å². The van der Waals surface area contributed by atoms with Crippen LogP contribution < -0.4 is 0 Å². The summed E-state index contributed by atoms with van der Waals surface area (Å²) in [6.45, 7) is 14.6. The summed E-state index contributed by atoms with van der Waals surface area (Å²) in [5, 5.41) is 0. The summed E-state index contributed by atoms with van der Waals surface area (Å²) in [5.41, 5.74) is 0.294. The number of hydrogen-bond donors (Lipinski definition) is 0. The van der Waals surface area contributed by atoms with E-state index in [0.29, 0.717) is 11.5 Å². The third kappa shape index (κ3) is 5.94. The Morgan fingerprint density at radius 2 is 1.86 bits per heavy atom. The second kappa shape index (κ2) is 8.66. The molecule has 0 bridgehead atoms. The zero-order valence-corrected chi connectivity index (χ0v) is 17.8. The lowest BCUT2D eigenvalue weighted by atomic mass is 9.71. The number of halogens is 1. The van der Waals surface area contributed by atoms with Gasteiger partial charge in [0.05, 0.1) is 12.7 Å². The first-order valence-electron chi connectivity index (χ1n) is 9.03. The second-order valence-electron chi connectivity index (χ2n) is 8.66. The summed E-state index contributed by atoms with van der Waals surface area (Å²) in [7, 11) is 0. The maximum atomic E-state index is 6.74. The molecule has 2 atom stereocenters. The Morgan fingerprint density at radius 3 is 2.36 bits per heavy atom. The molecular formula is C19H37IO2. The highest BCUT2D eigenvalue weighted by molar-refractivity contribution is 14.1. The predicted molar refractivity (Wildman–Crippen MR) is 104 cm³/mol. The first kappa shape index (κ1) is 20.7. The Hall–Kier alpha value is 0.650. The molecule has 0 saturated carbocycles. The molecule has 0 amide bonds. The van der Waals surface area contributed by atoms with Gasteiger partial charge in [-0.3, -0.25) is 0 Å². The van der Waals surface area contributed by atoms with E-state index in [0.717, 1.165) is 30.3 Å². The maximum absolute atomic E-state index is 6.74. The van der Waals surface area contributed by atoms with Crippen LogP contribution in [0.3, 0.4) is 0 Å². The molecule has 0 aromatic heterocycles. The molecule has 0 aromatic rings. The minimum atomic E-state index is -0.433. The first-order chi connectivity index (χ1) is 10.2. The van der Waals surface area contributed by atoms with Crippen LogP contribution in [0.25, 0.3) is 0 Å². The number of alkyl halides is 1. The van der Waals surface area contributed by atoms with Gasteiger partial charge >= 0.3 is 0 Å². The van der Waals surface area contributed by atoms with Crippen molar-refractivity contribution >= 4 is 22.6 Å². The van der Waals surface area contributed by atoms with Crippen molar-refractivity contribution < 1.29 is 9.47 Å². The standard InChI is InChI=1S/C19H37IO2/c1-7-8-9-10-16(11-13-20)22-19(17(2,3)4)15-18(5,6)12-14-21-19/h16H,7-15H2,1-6H3/t16?,19-/m0/s1. The average molecular weight is 424 g/mol. The lowest BCUT2D eigenvalue weighted by molar-refractivity contribution is -0.337. The van der Waals surface area contributed by atoms with Crippen LogP contribution in [-0.2, 0) is 9.47 Å². The van der Waals surface area contributed by atoms with Gasteiger partial charge in [-0.05, 0) is 24.7 Å². The zero-order chi connectivity index (χ0) is 16.9. The summed E-state index contributed by atoms with van der Waals surface area (Å²) in [4.78, 5) is 0. The number of ether oxygens (including phenoxy) is 2. The SMILES string of the molecule is CCCCCC(CCI)O[C@]1(C(C)(C)C)CC(C)(C)CCO1. The monoisotopic (exact) mass is 424 g/mol. The van der Waals surface area contributed by atoms with Crippen molar-refractivity contribution in [2.75, 3.05) is 11.0 Å². The summed E-state index contributed by atoms with van der Waals surface area (Å²) < 4.78 is 14.2. The van der Waals surface area contributed by atoms with Gasteiger partial charge in [0.15, 0.2) is 5.79 Å². The molecule has 1 aliphatic rings. The lowest BCUT2D eigenvalue weighted by Crippen LogP contribution is -2.55. The highest BCUT2D eigenvalue weighted by Crippen LogP contribution is 2.49. The molecule has 1 fully saturated rings. The topological polar surface area (TPSA) is 18.5 Å². The van der Waals surface area contributed by atoms with Gasteiger partial charge in [0.2, 0.25) is 0 Å². The van der Waals surface area contributed by atoms with Crippen molar-refractivity contribution in [2.24, 2.45) is 10.8 Å². The fourth-order valence-electron chi connectivity index (χ4n) is 3.27.